The SMILES string of the molecule is O=C(CBr)CCCCOCc1cc(F)cc(F)c1. The maximum Gasteiger partial charge on any atom is 0.143 e. The van der Waals surface area contributed by atoms with Crippen LogP contribution in [0, 0.1) is 11.6 Å². The van der Waals surface area contributed by atoms with Gasteiger partial charge in [0.25, 0.3) is 0 Å². The predicted octanol–water partition coefficient (Wildman–Crippen LogP) is 3.62. The second-order valence-electron chi connectivity index (χ2n) is 3.96. The first-order valence-electron chi connectivity index (χ1n) is 5.72. The summed E-state index contributed by atoms with van der Waals surface area (Å²) in [5.74, 6) is -1.03. The molecule has 100 valence electrons. The number of alkyl halides is 1. The molecule has 0 atom stereocenters. The number of ether oxygens (including phenoxy) is 1. The predicted molar refractivity (Wildman–Crippen MR) is 68.7 cm³/mol. The Bertz CT molecular complexity index is 376. The van der Waals surface area contributed by atoms with Gasteiger partial charge >= 0.3 is 0 Å². The first-order chi connectivity index (χ1) is 8.61. The highest BCUT2D eigenvalue weighted by Crippen LogP contribution is 2.09. The van der Waals surface area contributed by atoms with Crippen molar-refractivity contribution >= 4 is 21.7 Å². The Morgan fingerprint density at radius 2 is 1.83 bits per heavy atom. The molecule has 0 radical (unpaired) electrons. The number of carbonyl (C=O) groups excluding carboxylic acids is 1. The molecule has 0 unspecified atom stereocenters. The van der Waals surface area contributed by atoms with Gasteiger partial charge in [-0.3, -0.25) is 4.79 Å². The summed E-state index contributed by atoms with van der Waals surface area (Å²) < 4.78 is 31.0. The van der Waals surface area contributed by atoms with Crippen molar-refractivity contribution < 1.29 is 18.3 Å². The van der Waals surface area contributed by atoms with E-state index in [1.807, 2.05) is 0 Å². The standard InChI is InChI=1S/C13H15BrF2O2/c14-8-13(17)3-1-2-4-18-9-10-5-11(15)7-12(16)6-10/h5-7H,1-4,8-9H2. The highest BCUT2D eigenvalue weighted by atomic mass is 79.9. The molecule has 0 saturated heterocycles. The van der Waals surface area contributed by atoms with Crippen molar-refractivity contribution in [1.29, 1.82) is 0 Å². The second kappa shape index (κ2) is 8.32. The monoisotopic (exact) mass is 320 g/mol. The lowest BCUT2D eigenvalue weighted by Gasteiger charge is -2.04. The van der Waals surface area contributed by atoms with Gasteiger partial charge in [-0.15, -0.1) is 0 Å². The molecule has 18 heavy (non-hydrogen) atoms. The lowest BCUT2D eigenvalue weighted by atomic mass is 10.2. The van der Waals surface area contributed by atoms with Crippen molar-refractivity contribution in [3.8, 4) is 0 Å². The van der Waals surface area contributed by atoms with Gasteiger partial charge in [0.05, 0.1) is 11.9 Å². The van der Waals surface area contributed by atoms with Crippen LogP contribution in [-0.4, -0.2) is 17.7 Å². The Kier molecular flexibility index (Phi) is 7.05. The van der Waals surface area contributed by atoms with Gasteiger partial charge in [0.2, 0.25) is 0 Å². The van der Waals surface area contributed by atoms with E-state index in [9.17, 15) is 13.6 Å². The van der Waals surface area contributed by atoms with Gasteiger partial charge in [0, 0.05) is 19.1 Å². The topological polar surface area (TPSA) is 26.3 Å². The van der Waals surface area contributed by atoms with Crippen LogP contribution >= 0.6 is 15.9 Å². The Hall–Kier alpha value is -0.810. The largest absolute Gasteiger partial charge is 0.377 e. The number of carbonyl (C=O) groups is 1. The molecule has 0 heterocycles. The Labute approximate surface area is 113 Å². The number of ketones is 1. The fourth-order valence-corrected chi connectivity index (χ4v) is 1.76. The Morgan fingerprint density at radius 1 is 1.17 bits per heavy atom. The van der Waals surface area contributed by atoms with Crippen LogP contribution in [0.4, 0.5) is 8.78 Å². The average Bonchev–Trinajstić information content (AvgIpc) is 2.32. The van der Waals surface area contributed by atoms with E-state index in [0.29, 0.717) is 23.9 Å². The number of benzene rings is 1. The summed E-state index contributed by atoms with van der Waals surface area (Å²) in [6, 6.07) is 3.32. The molecule has 1 aromatic rings. The molecule has 2 nitrogen and oxygen atoms in total. The quantitative estimate of drug-likeness (QED) is 0.540. The van der Waals surface area contributed by atoms with E-state index in [0.717, 1.165) is 18.9 Å². The maximum atomic E-state index is 12.8. The van der Waals surface area contributed by atoms with E-state index >= 15 is 0 Å². The fraction of sp³-hybridized carbons (Fsp3) is 0.462. The lowest BCUT2D eigenvalue weighted by molar-refractivity contribution is -0.116. The zero-order valence-electron chi connectivity index (χ0n) is 9.93. The normalized spacial score (nSPS) is 10.6. The first-order valence-corrected chi connectivity index (χ1v) is 6.84. The summed E-state index contributed by atoms with van der Waals surface area (Å²) in [5, 5.41) is 0.385. The zero-order valence-corrected chi connectivity index (χ0v) is 11.5. The van der Waals surface area contributed by atoms with Crippen molar-refractivity contribution in [1.82, 2.24) is 0 Å². The van der Waals surface area contributed by atoms with Crippen LogP contribution in [0.3, 0.4) is 0 Å². The van der Waals surface area contributed by atoms with Gasteiger partial charge < -0.3 is 4.74 Å². The van der Waals surface area contributed by atoms with Crippen molar-refractivity contribution in [2.24, 2.45) is 0 Å². The number of hydrogen-bond acceptors (Lipinski definition) is 2. The molecule has 0 bridgehead atoms. The summed E-state index contributed by atoms with van der Waals surface area (Å²) in [6.45, 7) is 0.661. The van der Waals surface area contributed by atoms with E-state index in [1.54, 1.807) is 0 Å². The maximum absolute atomic E-state index is 12.8. The van der Waals surface area contributed by atoms with E-state index < -0.39 is 11.6 Å². The molecular formula is C13H15BrF2O2. The molecule has 0 amide bonds. The van der Waals surface area contributed by atoms with E-state index in [-0.39, 0.29) is 12.4 Å². The van der Waals surface area contributed by atoms with Crippen LogP contribution in [0.1, 0.15) is 24.8 Å². The highest BCUT2D eigenvalue weighted by Gasteiger charge is 2.01. The van der Waals surface area contributed by atoms with Gasteiger partial charge in [0.1, 0.15) is 17.4 Å². The number of unbranched alkanes of at least 4 members (excludes halogenated alkanes) is 1. The van der Waals surface area contributed by atoms with E-state index in [1.165, 1.54) is 12.1 Å². The molecule has 1 aromatic carbocycles. The second-order valence-corrected chi connectivity index (χ2v) is 4.52. The average molecular weight is 321 g/mol. The van der Waals surface area contributed by atoms with Gasteiger partial charge in [-0.1, -0.05) is 15.9 Å². The molecule has 0 aliphatic carbocycles. The van der Waals surface area contributed by atoms with Gasteiger partial charge in [0.15, 0.2) is 0 Å². The number of Topliss-reactive ketones (excluding diaryl/α,β-unsaturated/α-hetero) is 1. The van der Waals surface area contributed by atoms with Crippen molar-refractivity contribution in [3.05, 3.63) is 35.4 Å². The molecule has 5 heteroatoms. The van der Waals surface area contributed by atoms with E-state index in [2.05, 4.69) is 15.9 Å². The van der Waals surface area contributed by atoms with Gasteiger partial charge in [-0.25, -0.2) is 8.78 Å². The molecule has 0 aliphatic rings. The van der Waals surface area contributed by atoms with Crippen LogP contribution in [0.25, 0.3) is 0 Å². The molecule has 0 N–H and O–H groups in total. The lowest BCUT2D eigenvalue weighted by Crippen LogP contribution is -2.01. The van der Waals surface area contributed by atoms with Crippen LogP contribution in [0.5, 0.6) is 0 Å². The van der Waals surface area contributed by atoms with Crippen molar-refractivity contribution in [2.75, 3.05) is 11.9 Å². The van der Waals surface area contributed by atoms with Crippen LogP contribution < -0.4 is 0 Å². The minimum absolute atomic E-state index is 0.169. The van der Waals surface area contributed by atoms with Crippen molar-refractivity contribution in [3.63, 3.8) is 0 Å². The zero-order chi connectivity index (χ0) is 13.4. The van der Waals surface area contributed by atoms with E-state index in [4.69, 9.17) is 4.74 Å². The third kappa shape index (κ3) is 6.21. The molecule has 0 saturated carbocycles. The number of halogens is 3. The summed E-state index contributed by atoms with van der Waals surface area (Å²) in [6.07, 6.45) is 2.06. The van der Waals surface area contributed by atoms with Gasteiger partial charge in [-0.2, -0.15) is 0 Å². The summed E-state index contributed by atoms with van der Waals surface area (Å²) in [7, 11) is 0. The third-order valence-electron chi connectivity index (χ3n) is 2.33. The third-order valence-corrected chi connectivity index (χ3v) is 2.96. The first kappa shape index (κ1) is 15.2. The smallest absolute Gasteiger partial charge is 0.143 e. The van der Waals surface area contributed by atoms with Crippen LogP contribution in [-0.2, 0) is 16.1 Å². The molecule has 1 rings (SSSR count). The minimum atomic E-state index is -0.600. The molecular weight excluding hydrogens is 306 g/mol. The Morgan fingerprint density at radius 3 is 2.44 bits per heavy atom. The highest BCUT2D eigenvalue weighted by molar-refractivity contribution is 9.09. The summed E-state index contributed by atoms with van der Waals surface area (Å²) in [4.78, 5) is 11.0. The summed E-state index contributed by atoms with van der Waals surface area (Å²) >= 11 is 3.09. The fourth-order valence-electron chi connectivity index (χ4n) is 1.48. The molecule has 0 spiro atoms. The number of rotatable bonds is 8. The van der Waals surface area contributed by atoms with Crippen LogP contribution in [0.2, 0.25) is 0 Å². The molecule has 0 fully saturated rings. The molecule has 0 aromatic heterocycles. The Balaban J connectivity index is 2.16. The van der Waals surface area contributed by atoms with Gasteiger partial charge in [-0.05, 0) is 30.5 Å². The summed E-state index contributed by atoms with van der Waals surface area (Å²) in [5.41, 5.74) is 0.476. The minimum Gasteiger partial charge on any atom is -0.377 e. The van der Waals surface area contributed by atoms with Crippen molar-refractivity contribution in [2.45, 2.75) is 25.9 Å². The molecule has 0 aliphatic heterocycles. The van der Waals surface area contributed by atoms with Crippen LogP contribution in [0.15, 0.2) is 18.2 Å². The number of hydrogen-bond donors (Lipinski definition) is 0.